The molecular weight excluding hydrogens is 359 g/mol. The van der Waals surface area contributed by atoms with Gasteiger partial charge in [-0.2, -0.15) is 17.5 Å². The molecule has 2 rings (SSSR count). The monoisotopic (exact) mass is 371 g/mol. The zero-order valence-electron chi connectivity index (χ0n) is 11.9. The second-order valence-electron chi connectivity index (χ2n) is 5.60. The normalized spacial score (nSPS) is 23.2. The fraction of sp³-hybridized carbons (Fsp3) is 0.462. The number of hydrogen-bond acceptors (Lipinski definition) is 3. The van der Waals surface area contributed by atoms with Crippen LogP contribution in [0.1, 0.15) is 18.9 Å². The Morgan fingerprint density at radius 1 is 1.39 bits per heavy atom. The fourth-order valence-electron chi connectivity index (χ4n) is 2.31. The molecular formula is C13H13ClF3NO4S. The van der Waals surface area contributed by atoms with Gasteiger partial charge in [-0.3, -0.25) is 4.79 Å². The molecule has 1 heterocycles. The topological polar surface area (TPSA) is 74.7 Å². The number of carboxylic acid groups (broad SMARTS) is 1. The van der Waals surface area contributed by atoms with E-state index in [-0.39, 0.29) is 24.5 Å². The summed E-state index contributed by atoms with van der Waals surface area (Å²) in [6, 6.07) is 2.02. The van der Waals surface area contributed by atoms with Crippen molar-refractivity contribution in [2.24, 2.45) is 5.41 Å². The minimum atomic E-state index is -4.71. The highest BCUT2D eigenvalue weighted by atomic mass is 35.5. The van der Waals surface area contributed by atoms with Crippen molar-refractivity contribution in [2.75, 3.05) is 13.1 Å². The van der Waals surface area contributed by atoms with E-state index in [1.165, 1.54) is 6.92 Å². The van der Waals surface area contributed by atoms with Crippen LogP contribution in [0, 0.1) is 5.41 Å². The van der Waals surface area contributed by atoms with Crippen LogP contribution >= 0.6 is 11.6 Å². The third-order valence-corrected chi connectivity index (χ3v) is 6.16. The predicted molar refractivity (Wildman–Crippen MR) is 75.6 cm³/mol. The Bertz CT molecular complexity index is 750. The number of carbonyl (C=O) groups is 1. The molecule has 0 aliphatic carbocycles. The number of sulfonamides is 1. The first kappa shape index (κ1) is 18.0. The lowest BCUT2D eigenvalue weighted by molar-refractivity contribution is -0.147. The lowest BCUT2D eigenvalue weighted by atomic mass is 9.90. The van der Waals surface area contributed by atoms with Crippen LogP contribution in [0.25, 0.3) is 0 Å². The molecule has 1 saturated heterocycles. The Kier molecular flexibility index (Phi) is 4.42. The Morgan fingerprint density at radius 2 is 2.00 bits per heavy atom. The fourth-order valence-corrected chi connectivity index (χ4v) is 4.38. The number of nitrogens with zero attached hydrogens (tertiary/aromatic N) is 1. The molecule has 1 aromatic rings. The van der Waals surface area contributed by atoms with Gasteiger partial charge in [-0.15, -0.1) is 0 Å². The molecule has 1 aliphatic heterocycles. The zero-order chi connectivity index (χ0) is 17.6. The molecule has 1 unspecified atom stereocenters. The third kappa shape index (κ3) is 3.31. The molecule has 0 saturated carbocycles. The number of alkyl halides is 3. The maximum Gasteiger partial charge on any atom is 0.416 e. The first-order valence-corrected chi connectivity index (χ1v) is 8.30. The maximum absolute atomic E-state index is 12.8. The molecule has 1 fully saturated rings. The summed E-state index contributed by atoms with van der Waals surface area (Å²) in [5, 5.41) is 8.79. The minimum absolute atomic E-state index is 0.0676. The molecule has 0 radical (unpaired) electrons. The zero-order valence-corrected chi connectivity index (χ0v) is 13.5. The van der Waals surface area contributed by atoms with Crippen molar-refractivity contribution in [1.82, 2.24) is 4.31 Å². The minimum Gasteiger partial charge on any atom is -0.481 e. The number of carboxylic acids is 1. The lowest BCUT2D eigenvalue weighted by Crippen LogP contribution is -2.35. The maximum atomic E-state index is 12.8. The molecule has 23 heavy (non-hydrogen) atoms. The average Bonchev–Trinajstić information content (AvgIpc) is 2.82. The lowest BCUT2D eigenvalue weighted by Gasteiger charge is -2.21. The second kappa shape index (κ2) is 5.64. The quantitative estimate of drug-likeness (QED) is 0.886. The van der Waals surface area contributed by atoms with Crippen LogP contribution in [0.3, 0.4) is 0 Å². The van der Waals surface area contributed by atoms with E-state index in [4.69, 9.17) is 16.7 Å². The Hall–Kier alpha value is -1.32. The Labute approximate surface area is 135 Å². The molecule has 0 spiro atoms. The summed E-state index contributed by atoms with van der Waals surface area (Å²) < 4.78 is 64.2. The molecule has 1 atom stereocenters. The molecule has 1 aromatic carbocycles. The van der Waals surface area contributed by atoms with Crippen molar-refractivity contribution in [2.45, 2.75) is 24.4 Å². The average molecular weight is 372 g/mol. The smallest absolute Gasteiger partial charge is 0.416 e. The number of rotatable bonds is 3. The summed E-state index contributed by atoms with van der Waals surface area (Å²) in [6.07, 6.45) is -4.65. The van der Waals surface area contributed by atoms with Gasteiger partial charge in [-0.1, -0.05) is 11.6 Å². The summed E-state index contributed by atoms with van der Waals surface area (Å²) >= 11 is 5.75. The molecule has 1 N–H and O–H groups in total. The van der Waals surface area contributed by atoms with Crippen LogP contribution in [0.5, 0.6) is 0 Å². The van der Waals surface area contributed by atoms with E-state index in [9.17, 15) is 26.4 Å². The van der Waals surface area contributed by atoms with Gasteiger partial charge in [0.15, 0.2) is 0 Å². The van der Waals surface area contributed by atoms with Crippen LogP contribution in [0.2, 0.25) is 5.02 Å². The summed E-state index contributed by atoms with van der Waals surface area (Å²) in [5.74, 6) is -1.16. The largest absolute Gasteiger partial charge is 0.481 e. The Balaban J connectivity index is 2.44. The first-order valence-electron chi connectivity index (χ1n) is 6.48. The molecule has 128 valence electrons. The standard InChI is InChI=1S/C13H13ClF3NO4S/c1-12(11(19)20)4-5-18(7-12)23(21,22)10-6-8(13(15,16)17)2-3-9(10)14/h2-3,6H,4-5,7H2,1H3,(H,19,20). The van der Waals surface area contributed by atoms with Gasteiger partial charge >= 0.3 is 12.1 Å². The van der Waals surface area contributed by atoms with Crippen molar-refractivity contribution < 1.29 is 31.5 Å². The van der Waals surface area contributed by atoms with Crippen molar-refractivity contribution in [3.63, 3.8) is 0 Å². The van der Waals surface area contributed by atoms with Gasteiger partial charge < -0.3 is 5.11 Å². The van der Waals surface area contributed by atoms with E-state index in [0.717, 1.165) is 10.4 Å². The second-order valence-corrected chi connectivity index (χ2v) is 7.91. The summed E-state index contributed by atoms with van der Waals surface area (Å²) in [6.45, 7) is 0.966. The molecule has 0 amide bonds. The highest BCUT2D eigenvalue weighted by Gasteiger charge is 2.45. The molecule has 0 aromatic heterocycles. The summed E-state index contributed by atoms with van der Waals surface area (Å²) in [7, 11) is -4.32. The number of benzene rings is 1. The third-order valence-electron chi connectivity index (χ3n) is 3.83. The van der Waals surface area contributed by atoms with Crippen molar-refractivity contribution in [3.05, 3.63) is 28.8 Å². The highest BCUT2D eigenvalue weighted by molar-refractivity contribution is 7.89. The Morgan fingerprint density at radius 3 is 2.48 bits per heavy atom. The van der Waals surface area contributed by atoms with E-state index in [2.05, 4.69) is 0 Å². The van der Waals surface area contributed by atoms with Gasteiger partial charge in [0, 0.05) is 13.1 Å². The van der Waals surface area contributed by atoms with Gasteiger partial charge in [-0.25, -0.2) is 8.42 Å². The van der Waals surface area contributed by atoms with Crippen molar-refractivity contribution >= 4 is 27.6 Å². The number of aliphatic carboxylic acids is 1. The van der Waals surface area contributed by atoms with Gasteiger partial charge in [0.25, 0.3) is 0 Å². The van der Waals surface area contributed by atoms with Gasteiger partial charge in [0.2, 0.25) is 10.0 Å². The summed E-state index contributed by atoms with van der Waals surface area (Å²) in [4.78, 5) is 10.5. The molecule has 0 bridgehead atoms. The van der Waals surface area contributed by atoms with Crippen LogP contribution < -0.4 is 0 Å². The number of halogens is 4. The van der Waals surface area contributed by atoms with Crippen molar-refractivity contribution in [1.29, 1.82) is 0 Å². The summed E-state index contributed by atoms with van der Waals surface area (Å²) in [5.41, 5.74) is -2.41. The van der Waals surface area contributed by atoms with E-state index in [1.807, 2.05) is 0 Å². The predicted octanol–water partition coefficient (Wildman–Crippen LogP) is 2.84. The van der Waals surface area contributed by atoms with Gasteiger partial charge in [0.1, 0.15) is 4.90 Å². The highest BCUT2D eigenvalue weighted by Crippen LogP contribution is 2.38. The van der Waals surface area contributed by atoms with Gasteiger partial charge in [0.05, 0.1) is 16.0 Å². The molecule has 10 heteroatoms. The van der Waals surface area contributed by atoms with Crippen LogP contribution in [-0.2, 0) is 21.0 Å². The van der Waals surface area contributed by atoms with E-state index >= 15 is 0 Å². The van der Waals surface area contributed by atoms with Crippen LogP contribution in [-0.4, -0.2) is 36.9 Å². The molecule has 1 aliphatic rings. The van der Waals surface area contributed by atoms with Crippen LogP contribution in [0.4, 0.5) is 13.2 Å². The van der Waals surface area contributed by atoms with Gasteiger partial charge in [-0.05, 0) is 31.5 Å². The van der Waals surface area contributed by atoms with E-state index in [0.29, 0.717) is 12.1 Å². The van der Waals surface area contributed by atoms with E-state index < -0.39 is 38.0 Å². The number of hydrogen-bond donors (Lipinski definition) is 1. The molecule has 5 nitrogen and oxygen atoms in total. The van der Waals surface area contributed by atoms with E-state index in [1.54, 1.807) is 0 Å². The van der Waals surface area contributed by atoms with Crippen LogP contribution in [0.15, 0.2) is 23.1 Å². The van der Waals surface area contributed by atoms with Crippen molar-refractivity contribution in [3.8, 4) is 0 Å². The SMILES string of the molecule is CC1(C(=O)O)CCN(S(=O)(=O)c2cc(C(F)(F)F)ccc2Cl)C1. The first-order chi connectivity index (χ1) is 10.4.